The molecule has 3 nitrogen and oxygen atoms in total. The van der Waals surface area contributed by atoms with Crippen molar-refractivity contribution in [2.24, 2.45) is 0 Å². The van der Waals surface area contributed by atoms with Crippen molar-refractivity contribution in [3.63, 3.8) is 0 Å². The summed E-state index contributed by atoms with van der Waals surface area (Å²) in [4.78, 5) is 0. The van der Waals surface area contributed by atoms with Crippen LogP contribution in [-0.4, -0.2) is 143 Å². The summed E-state index contributed by atoms with van der Waals surface area (Å²) in [7, 11) is -4.60. The minimum Gasteiger partial charge on any atom is -0.408 e. The number of para-hydroxylation sites is 3. The molecular weight excluding hydrogens is 1620 g/mol. The zero-order valence-electron chi connectivity index (χ0n) is 47.1. The topological polar surface area (TPSA) is 27.7 Å². The van der Waals surface area contributed by atoms with Gasteiger partial charge in [0.1, 0.15) is 17.2 Å². The molecule has 0 aliphatic heterocycles. The lowest BCUT2D eigenvalue weighted by molar-refractivity contribution is -0.461. The van der Waals surface area contributed by atoms with Gasteiger partial charge in [-0.05, 0) is 54.2 Å². The van der Waals surface area contributed by atoms with Crippen LogP contribution in [-0.2, 0) is 19.3 Å². The van der Waals surface area contributed by atoms with Crippen LogP contribution in [0.3, 0.4) is 0 Å². The number of aryl methyl sites for hydroxylation is 3. The summed E-state index contributed by atoms with van der Waals surface area (Å²) >= 11 is 0. The highest BCUT2D eigenvalue weighted by atomic mass is 31.2. The third-order valence-electron chi connectivity index (χ3n) is 13.9. The molecule has 0 heterocycles. The molecular formula is C48H24F51O3P. The average Bonchev–Trinajstić information content (AvgIpc) is 0.706. The highest BCUT2D eigenvalue weighted by Crippen LogP contribution is 2.69. The fourth-order valence-corrected chi connectivity index (χ4v) is 8.76. The van der Waals surface area contributed by atoms with Gasteiger partial charge in [-0.2, -0.15) is 224 Å². The number of alkyl halides is 51. The van der Waals surface area contributed by atoms with Gasteiger partial charge in [0.15, 0.2) is 0 Å². The molecule has 0 fully saturated rings. The minimum absolute atomic E-state index is 0.0699. The Hall–Kier alpha value is -6.08. The summed E-state index contributed by atoms with van der Waals surface area (Å²) in [6, 6.07) is 2.70. The molecule has 3 aromatic rings. The van der Waals surface area contributed by atoms with Gasteiger partial charge in [-0.3, -0.25) is 0 Å². The molecule has 3 aromatic carbocycles. The van der Waals surface area contributed by atoms with Crippen LogP contribution in [0.1, 0.15) is 36.0 Å². The highest BCUT2D eigenvalue weighted by Gasteiger charge is 2.98. The summed E-state index contributed by atoms with van der Waals surface area (Å²) in [6.07, 6.45) is -42.4. The number of rotatable bonds is 33. The second kappa shape index (κ2) is 26.7. The van der Waals surface area contributed by atoms with E-state index in [9.17, 15) is 198 Å². The third kappa shape index (κ3) is 14.0. The van der Waals surface area contributed by atoms with Gasteiger partial charge in [-0.25, -0.2) is 0 Å². The predicted molar refractivity (Wildman–Crippen MR) is 235 cm³/mol. The first-order chi connectivity index (χ1) is 44.9. The Bertz CT molecular complexity index is 3060. The summed E-state index contributed by atoms with van der Waals surface area (Å²) < 4.78 is 729. The van der Waals surface area contributed by atoms with E-state index >= 15 is 26.3 Å². The fraction of sp³-hybridized carbons (Fsp3) is 0.625. The molecule has 0 spiro atoms. The Morgan fingerprint density at radius 3 is 0.476 bits per heavy atom. The molecule has 0 aromatic heterocycles. The van der Waals surface area contributed by atoms with E-state index in [-0.39, 0.29) is 36.4 Å². The predicted octanol–water partition coefficient (Wildman–Crippen LogP) is 23.3. The van der Waals surface area contributed by atoms with Crippen molar-refractivity contribution in [2.45, 2.75) is 181 Å². The van der Waals surface area contributed by atoms with Crippen LogP contribution >= 0.6 is 8.60 Å². The number of halogens is 51. The Morgan fingerprint density at radius 2 is 0.320 bits per heavy atom. The molecule has 0 saturated heterocycles. The van der Waals surface area contributed by atoms with Crippen LogP contribution in [0.5, 0.6) is 17.2 Å². The van der Waals surface area contributed by atoms with Crippen molar-refractivity contribution in [3.05, 3.63) is 89.5 Å². The van der Waals surface area contributed by atoms with Gasteiger partial charge in [-0.15, -0.1) is 0 Å². The molecule has 0 saturated carbocycles. The van der Waals surface area contributed by atoms with Crippen LogP contribution in [0.4, 0.5) is 224 Å². The van der Waals surface area contributed by atoms with Crippen molar-refractivity contribution in [3.8, 4) is 17.2 Å². The van der Waals surface area contributed by atoms with E-state index in [4.69, 9.17) is 13.6 Å². The maximum absolute atomic E-state index is 15.1. The van der Waals surface area contributed by atoms with E-state index in [0.717, 1.165) is 0 Å². The van der Waals surface area contributed by atoms with E-state index in [0.29, 0.717) is 36.4 Å². The van der Waals surface area contributed by atoms with Crippen LogP contribution < -0.4 is 13.6 Å². The number of hydrogen-bond acceptors (Lipinski definition) is 3. The molecule has 0 radical (unpaired) electrons. The molecule has 0 unspecified atom stereocenters. The van der Waals surface area contributed by atoms with E-state index in [1.807, 2.05) is 0 Å². The molecule has 0 amide bonds. The molecule has 0 N–H and O–H groups in total. The first-order valence-corrected chi connectivity index (χ1v) is 26.2. The Labute approximate surface area is 534 Å². The van der Waals surface area contributed by atoms with E-state index in [1.165, 1.54) is 0 Å². The van der Waals surface area contributed by atoms with Gasteiger partial charge in [0.25, 0.3) is 0 Å². The smallest absolute Gasteiger partial charge is 0.408 e. The molecule has 0 bridgehead atoms. The van der Waals surface area contributed by atoms with E-state index in [2.05, 4.69) is 0 Å². The van der Waals surface area contributed by atoms with Gasteiger partial charge in [-0.1, -0.05) is 54.6 Å². The second-order valence-electron chi connectivity index (χ2n) is 20.8. The third-order valence-corrected chi connectivity index (χ3v) is 15.0. The maximum atomic E-state index is 15.1. The average molecular weight is 1650 g/mol. The molecule has 0 aliphatic rings. The summed E-state index contributed by atoms with van der Waals surface area (Å²) in [6.45, 7) is 0. The maximum Gasteiger partial charge on any atom is 0.530 e. The van der Waals surface area contributed by atoms with Gasteiger partial charge < -0.3 is 13.6 Å². The lowest BCUT2D eigenvalue weighted by Gasteiger charge is -2.42. The minimum atomic E-state index is -9.19. The molecule has 3 rings (SSSR count). The largest absolute Gasteiger partial charge is 0.530 e. The first-order valence-electron chi connectivity index (χ1n) is 25.2. The number of benzene rings is 3. The van der Waals surface area contributed by atoms with Gasteiger partial charge >= 0.3 is 152 Å². The number of hydrogen-bond donors (Lipinski definition) is 0. The van der Waals surface area contributed by atoms with E-state index < -0.39 is 224 Å². The normalized spacial score (nSPS) is 15.8. The highest BCUT2D eigenvalue weighted by molar-refractivity contribution is 7.43. The fourth-order valence-electron chi connectivity index (χ4n) is 7.63. The Kier molecular flexibility index (Phi) is 23.6. The quantitative estimate of drug-likeness (QED) is 0.0449. The van der Waals surface area contributed by atoms with Crippen LogP contribution in [0.15, 0.2) is 72.8 Å². The van der Waals surface area contributed by atoms with Gasteiger partial charge in [0.05, 0.1) is 0 Å². The SMILES string of the molecule is FC(F)(F)C(F)(F)C(F)(F)C(F)(F)C(F)(F)C(F)(F)C(F)(F)C(F)(F)CCc1ccccc1OP(Oc1ccccc1CCC(F)(F)C(F)(F)C(F)(F)C(F)(F)C(F)(F)C(F)(F)C(F)(F)C(F)(F)F)Oc1ccccc1CCC(F)(F)C(F)(F)C(F)(F)C(F)(F)C(F)(F)C(F)(F)C(F)(F)C(F)(F)F. The van der Waals surface area contributed by atoms with Crippen LogP contribution in [0, 0.1) is 0 Å². The summed E-state index contributed by atoms with van der Waals surface area (Å²) in [5.41, 5.74) is -4.77. The van der Waals surface area contributed by atoms with Crippen molar-refractivity contribution >= 4 is 8.60 Å². The zero-order chi connectivity index (χ0) is 81.9. The standard InChI is InChI=1S/C48H24F51O3P/c49-25(50,28(55,56)31(61,62)34(67,68)37(73,74)40(79,80)43(85,86)46(91,92)93)16-13-19-7-1-4-10-22(19)100-103(101-23-11-5-2-8-20(23)14-17-26(51,52)29(57,58)32(63,64)35(69,70)38(75,76)41(81,82)44(87,88)47(94,95)96)102-24-12-6-3-9-21(24)15-18-27(53,54)30(59,60)33(65,66)36(71,72)39(77,78)42(83,84)45(89,90)48(97,98)99/h1-12H,13-18H2. The van der Waals surface area contributed by atoms with Crippen LogP contribution in [0.2, 0.25) is 0 Å². The van der Waals surface area contributed by atoms with Gasteiger partial charge in [0, 0.05) is 19.3 Å². The van der Waals surface area contributed by atoms with E-state index in [1.54, 1.807) is 0 Å². The van der Waals surface area contributed by atoms with Gasteiger partial charge in [0.2, 0.25) is 0 Å². The monoisotopic (exact) mass is 1650 g/mol. The Balaban J connectivity index is 2.29. The van der Waals surface area contributed by atoms with Crippen molar-refractivity contribution in [1.29, 1.82) is 0 Å². The van der Waals surface area contributed by atoms with Crippen molar-refractivity contribution < 1.29 is 237 Å². The van der Waals surface area contributed by atoms with Crippen LogP contribution in [0.25, 0.3) is 0 Å². The first kappa shape index (κ1) is 91.1. The summed E-state index contributed by atoms with van der Waals surface area (Å²) in [5.74, 6) is -188. The molecule has 55 heteroatoms. The lowest BCUT2D eigenvalue weighted by atomic mass is 9.87. The molecule has 596 valence electrons. The molecule has 0 aliphatic carbocycles. The van der Waals surface area contributed by atoms with Crippen molar-refractivity contribution in [2.75, 3.05) is 0 Å². The lowest BCUT2D eigenvalue weighted by Crippen LogP contribution is -2.74. The zero-order valence-corrected chi connectivity index (χ0v) is 48.0. The Morgan fingerprint density at radius 1 is 0.184 bits per heavy atom. The molecule has 103 heavy (non-hydrogen) atoms. The summed E-state index contributed by atoms with van der Waals surface area (Å²) in [5, 5.41) is 0. The second-order valence-corrected chi connectivity index (χ2v) is 21.8. The van der Waals surface area contributed by atoms with Crippen molar-refractivity contribution in [1.82, 2.24) is 0 Å². The molecule has 0 atom stereocenters.